The highest BCUT2D eigenvalue weighted by molar-refractivity contribution is 8.18. The zero-order chi connectivity index (χ0) is 25.7. The van der Waals surface area contributed by atoms with Crippen molar-refractivity contribution in [3.63, 3.8) is 0 Å². The number of carbonyl (C=O) groups is 1. The summed E-state index contributed by atoms with van der Waals surface area (Å²) in [6.45, 7) is 1.30. The number of benzene rings is 4. The minimum Gasteiger partial charge on any atom is -0.314 e. The minimum absolute atomic E-state index is 0.147. The van der Waals surface area contributed by atoms with Gasteiger partial charge in [-0.25, -0.2) is 4.79 Å². The fraction of sp³-hybridized carbons (Fsp3) is 0.219. The van der Waals surface area contributed by atoms with Gasteiger partial charge in [-0.3, -0.25) is 0 Å². The molecule has 6 rings (SSSR count). The summed E-state index contributed by atoms with van der Waals surface area (Å²) in [6, 6.07) is 42.7. The molecule has 0 aromatic heterocycles. The number of nitrogens with zero attached hydrogens (tertiary/aromatic N) is 2. The monoisotopic (exact) mass is 554 g/mol. The molecule has 2 aliphatic heterocycles. The number of thioether (sulfide) groups is 3. The van der Waals surface area contributed by atoms with Crippen LogP contribution in [0.15, 0.2) is 131 Å². The highest BCUT2D eigenvalue weighted by Gasteiger charge is 2.55. The van der Waals surface area contributed by atoms with Gasteiger partial charge in [0.05, 0.1) is 16.7 Å². The zero-order valence-corrected chi connectivity index (χ0v) is 23.5. The lowest BCUT2D eigenvalue weighted by molar-refractivity contribution is 0.181. The Bertz CT molecular complexity index is 1280. The van der Waals surface area contributed by atoms with Crippen molar-refractivity contribution >= 4 is 41.3 Å². The largest absolute Gasteiger partial charge is 0.321 e. The summed E-state index contributed by atoms with van der Waals surface area (Å²) in [7, 11) is 0. The molecule has 0 saturated carbocycles. The average molecular weight is 555 g/mol. The third-order valence-electron chi connectivity index (χ3n) is 7.09. The molecule has 3 nitrogen and oxygen atoms in total. The van der Waals surface area contributed by atoms with Gasteiger partial charge in [-0.2, -0.15) is 11.8 Å². The van der Waals surface area contributed by atoms with Crippen LogP contribution < -0.4 is 0 Å². The molecule has 0 aliphatic carbocycles. The molecular weight excluding hydrogens is 525 g/mol. The summed E-state index contributed by atoms with van der Waals surface area (Å²) < 4.78 is 0.266. The second-order valence-electron chi connectivity index (χ2n) is 9.60. The van der Waals surface area contributed by atoms with Crippen molar-refractivity contribution in [2.24, 2.45) is 0 Å². The van der Waals surface area contributed by atoms with E-state index in [-0.39, 0.29) is 22.7 Å². The van der Waals surface area contributed by atoms with Crippen LogP contribution in [0.1, 0.15) is 11.1 Å². The summed E-state index contributed by atoms with van der Waals surface area (Å²) in [4.78, 5) is 20.9. The van der Waals surface area contributed by atoms with Gasteiger partial charge in [0.25, 0.3) is 0 Å². The molecule has 0 spiro atoms. The molecule has 0 unspecified atom stereocenters. The predicted octanol–water partition coefficient (Wildman–Crippen LogP) is 7.89. The average Bonchev–Trinajstić information content (AvgIpc) is 3.50. The molecule has 4 aromatic carbocycles. The Hall–Kier alpha value is -2.80. The van der Waals surface area contributed by atoms with Crippen molar-refractivity contribution in [1.82, 2.24) is 9.80 Å². The van der Waals surface area contributed by atoms with Gasteiger partial charge in [-0.1, -0.05) is 97.1 Å². The molecule has 6 heteroatoms. The van der Waals surface area contributed by atoms with Gasteiger partial charge in [0.2, 0.25) is 0 Å². The molecule has 0 bridgehead atoms. The Morgan fingerprint density at radius 3 is 1.61 bits per heavy atom. The van der Waals surface area contributed by atoms with Crippen LogP contribution in [0.2, 0.25) is 0 Å². The van der Waals surface area contributed by atoms with Gasteiger partial charge in [0.15, 0.2) is 0 Å². The first-order valence-electron chi connectivity index (χ1n) is 13.0. The van der Waals surface area contributed by atoms with Crippen molar-refractivity contribution < 1.29 is 4.79 Å². The first-order valence-corrected chi connectivity index (χ1v) is 15.8. The number of hydrogen-bond acceptors (Lipinski definition) is 4. The Morgan fingerprint density at radius 1 is 0.658 bits per heavy atom. The summed E-state index contributed by atoms with van der Waals surface area (Å²) in [6.07, 6.45) is 0. The Labute approximate surface area is 238 Å². The van der Waals surface area contributed by atoms with Gasteiger partial charge < -0.3 is 9.80 Å². The summed E-state index contributed by atoms with van der Waals surface area (Å²) in [5.74, 6) is 0.959. The van der Waals surface area contributed by atoms with Crippen molar-refractivity contribution in [3.05, 3.63) is 132 Å². The number of amides is 2. The maximum atomic E-state index is 14.0. The van der Waals surface area contributed by atoms with E-state index in [9.17, 15) is 4.79 Å². The van der Waals surface area contributed by atoms with E-state index < -0.39 is 0 Å². The molecule has 4 aromatic rings. The topological polar surface area (TPSA) is 23.6 Å². The third kappa shape index (κ3) is 5.63. The van der Waals surface area contributed by atoms with E-state index in [2.05, 4.69) is 119 Å². The number of hydrogen-bond donors (Lipinski definition) is 0. The fourth-order valence-electron chi connectivity index (χ4n) is 5.30. The van der Waals surface area contributed by atoms with E-state index in [0.29, 0.717) is 18.3 Å². The van der Waals surface area contributed by atoms with Gasteiger partial charge in [0, 0.05) is 33.9 Å². The van der Waals surface area contributed by atoms with E-state index in [0.717, 1.165) is 5.75 Å². The molecule has 192 valence electrons. The summed E-state index contributed by atoms with van der Waals surface area (Å²) in [5, 5.41) is 0.295. The highest BCUT2D eigenvalue weighted by Crippen LogP contribution is 2.50. The van der Waals surface area contributed by atoms with Crippen molar-refractivity contribution in [3.8, 4) is 0 Å². The van der Waals surface area contributed by atoms with Gasteiger partial charge in [-0.15, -0.1) is 23.5 Å². The Balaban J connectivity index is 1.33. The molecule has 2 fully saturated rings. The lowest BCUT2D eigenvalue weighted by Crippen LogP contribution is -2.43. The third-order valence-corrected chi connectivity index (χ3v) is 11.6. The van der Waals surface area contributed by atoms with Crippen LogP contribution in [0, 0.1) is 0 Å². The highest BCUT2D eigenvalue weighted by atomic mass is 32.2. The minimum atomic E-state index is 0.147. The lowest BCUT2D eigenvalue weighted by Gasteiger charge is -2.32. The van der Waals surface area contributed by atoms with Crippen LogP contribution in [0.25, 0.3) is 0 Å². The fourth-order valence-corrected chi connectivity index (χ4v) is 10.2. The normalized spacial score (nSPS) is 20.8. The number of fused-ring (bicyclic) bond motifs is 1. The second kappa shape index (κ2) is 11.9. The standard InChI is InChI=1S/C32H30N2OS3/c35-32-33(21-24-13-5-1-6-14-24)28-23-36-30(29(28)34(32)22-25-15-7-2-8-16-25)31(37-26-17-9-3-10-18-26)38-27-19-11-4-12-20-27/h1-20,28-31H,21-23H2/t28-,29-,30-/m0/s1. The molecular formula is C32H30N2OS3. The summed E-state index contributed by atoms with van der Waals surface area (Å²) >= 11 is 5.89. The molecule has 2 amide bonds. The number of carbonyl (C=O) groups excluding carboxylic acids is 1. The summed E-state index contributed by atoms with van der Waals surface area (Å²) in [5.41, 5.74) is 2.36. The van der Waals surface area contributed by atoms with E-state index in [1.54, 1.807) is 0 Å². The molecule has 0 N–H and O–H groups in total. The predicted molar refractivity (Wildman–Crippen MR) is 162 cm³/mol. The van der Waals surface area contributed by atoms with Crippen molar-refractivity contribution in [1.29, 1.82) is 0 Å². The van der Waals surface area contributed by atoms with Crippen LogP contribution in [-0.4, -0.2) is 43.5 Å². The van der Waals surface area contributed by atoms with Crippen LogP contribution in [0.5, 0.6) is 0 Å². The van der Waals surface area contributed by atoms with Crippen LogP contribution in [0.4, 0.5) is 4.79 Å². The molecule has 38 heavy (non-hydrogen) atoms. The molecule has 2 saturated heterocycles. The Kier molecular flexibility index (Phi) is 8.00. The maximum Gasteiger partial charge on any atom is 0.321 e. The van der Waals surface area contributed by atoms with Crippen LogP contribution in [0.3, 0.4) is 0 Å². The van der Waals surface area contributed by atoms with E-state index >= 15 is 0 Å². The quantitative estimate of drug-likeness (QED) is 0.119. The molecule has 2 aliphatic rings. The zero-order valence-electron chi connectivity index (χ0n) is 21.0. The first kappa shape index (κ1) is 25.5. The van der Waals surface area contributed by atoms with Gasteiger partial charge in [0.1, 0.15) is 0 Å². The smallest absolute Gasteiger partial charge is 0.314 e. The number of urea groups is 1. The van der Waals surface area contributed by atoms with Crippen LogP contribution in [-0.2, 0) is 13.1 Å². The molecule has 3 atom stereocenters. The van der Waals surface area contributed by atoms with E-state index in [1.165, 1.54) is 20.9 Å². The lowest BCUT2D eigenvalue weighted by atomic mass is 10.1. The van der Waals surface area contributed by atoms with Crippen LogP contribution >= 0.6 is 35.3 Å². The molecule has 0 radical (unpaired) electrons. The van der Waals surface area contributed by atoms with Crippen molar-refractivity contribution in [2.45, 2.75) is 44.8 Å². The Morgan fingerprint density at radius 2 is 1.11 bits per heavy atom. The molecule has 2 heterocycles. The van der Waals surface area contributed by atoms with Gasteiger partial charge >= 0.3 is 6.03 Å². The van der Waals surface area contributed by atoms with Crippen molar-refractivity contribution in [2.75, 3.05) is 5.75 Å². The van der Waals surface area contributed by atoms with E-state index in [4.69, 9.17) is 0 Å². The first-order chi connectivity index (χ1) is 18.8. The van der Waals surface area contributed by atoms with Gasteiger partial charge in [-0.05, 0) is 35.4 Å². The second-order valence-corrected chi connectivity index (χ2v) is 13.5. The maximum absolute atomic E-state index is 14.0. The number of rotatable bonds is 9. The van der Waals surface area contributed by atoms with E-state index in [1.807, 2.05) is 47.4 Å². The SMILES string of the molecule is O=C1N(Cc2ccccc2)[C@@H]2[C@@H](C(Sc3ccccc3)Sc3ccccc3)SC[C@@H]2N1Cc1ccccc1.